The molecule has 0 aliphatic carbocycles. The van der Waals surface area contributed by atoms with E-state index in [9.17, 15) is 26.7 Å². The summed E-state index contributed by atoms with van der Waals surface area (Å²) in [5, 5.41) is 4.82. The van der Waals surface area contributed by atoms with Gasteiger partial charge in [0.1, 0.15) is 23.7 Å². The first-order valence-electron chi connectivity index (χ1n) is 6.63. The SMILES string of the molecule is O=C(Cn1nc(C(F)F)c(Cl)c1C(F)F)NCc1ccc(F)cc1. The zero-order chi connectivity index (χ0) is 17.9. The summed E-state index contributed by atoms with van der Waals surface area (Å²) in [6.07, 6.45) is -6.30. The van der Waals surface area contributed by atoms with Crippen LogP contribution in [-0.2, 0) is 17.9 Å². The largest absolute Gasteiger partial charge is 0.350 e. The van der Waals surface area contributed by atoms with Crippen LogP contribution in [0.25, 0.3) is 0 Å². The maximum Gasteiger partial charge on any atom is 0.283 e. The first-order chi connectivity index (χ1) is 11.3. The number of hydrogen-bond acceptors (Lipinski definition) is 2. The molecule has 1 heterocycles. The van der Waals surface area contributed by atoms with Gasteiger partial charge in [-0.15, -0.1) is 0 Å². The predicted octanol–water partition coefficient (Wildman–Crippen LogP) is 3.87. The number of carbonyl (C=O) groups is 1. The molecule has 1 amide bonds. The number of benzene rings is 1. The number of nitrogens with one attached hydrogen (secondary N) is 1. The maximum absolute atomic E-state index is 12.9. The summed E-state index contributed by atoms with van der Waals surface area (Å²) in [7, 11) is 0. The zero-order valence-electron chi connectivity index (χ0n) is 11.9. The van der Waals surface area contributed by atoms with Crippen molar-refractivity contribution in [1.29, 1.82) is 0 Å². The van der Waals surface area contributed by atoms with Crippen LogP contribution in [0.1, 0.15) is 29.8 Å². The van der Waals surface area contributed by atoms with E-state index in [0.717, 1.165) is 0 Å². The Kier molecular flexibility index (Phi) is 5.76. The number of alkyl halides is 4. The van der Waals surface area contributed by atoms with Crippen LogP contribution in [0.15, 0.2) is 24.3 Å². The van der Waals surface area contributed by atoms with E-state index >= 15 is 0 Å². The molecule has 4 nitrogen and oxygen atoms in total. The van der Waals surface area contributed by atoms with Gasteiger partial charge in [-0.3, -0.25) is 9.48 Å². The van der Waals surface area contributed by atoms with E-state index in [4.69, 9.17) is 11.6 Å². The summed E-state index contributed by atoms with van der Waals surface area (Å²) in [5.41, 5.74) is -1.37. The minimum Gasteiger partial charge on any atom is -0.350 e. The molecular formula is C14H11ClF5N3O. The molecule has 0 saturated heterocycles. The van der Waals surface area contributed by atoms with Crippen molar-refractivity contribution in [3.63, 3.8) is 0 Å². The summed E-state index contributed by atoms with van der Waals surface area (Å²) in [4.78, 5) is 11.8. The predicted molar refractivity (Wildman–Crippen MR) is 75.4 cm³/mol. The van der Waals surface area contributed by atoms with Crippen molar-refractivity contribution in [3.8, 4) is 0 Å². The molecule has 130 valence electrons. The molecule has 0 unspecified atom stereocenters. The Morgan fingerprint density at radius 2 is 1.79 bits per heavy atom. The van der Waals surface area contributed by atoms with Gasteiger partial charge in [0.2, 0.25) is 5.91 Å². The van der Waals surface area contributed by atoms with Crippen LogP contribution in [0, 0.1) is 5.82 Å². The molecular weight excluding hydrogens is 357 g/mol. The van der Waals surface area contributed by atoms with E-state index in [1.807, 2.05) is 0 Å². The summed E-state index contributed by atoms with van der Waals surface area (Å²) in [6, 6.07) is 5.25. The molecule has 0 bridgehead atoms. The molecule has 10 heteroatoms. The number of rotatable bonds is 6. The molecule has 0 aliphatic heterocycles. The Morgan fingerprint density at radius 3 is 2.33 bits per heavy atom. The van der Waals surface area contributed by atoms with Gasteiger partial charge in [-0.1, -0.05) is 23.7 Å². The van der Waals surface area contributed by atoms with E-state index in [1.54, 1.807) is 0 Å². The second-order valence-corrected chi connectivity index (χ2v) is 5.12. The third-order valence-corrected chi connectivity index (χ3v) is 3.45. The Balaban J connectivity index is 2.08. The fourth-order valence-electron chi connectivity index (χ4n) is 1.94. The van der Waals surface area contributed by atoms with Crippen molar-refractivity contribution < 1.29 is 26.7 Å². The van der Waals surface area contributed by atoms with Gasteiger partial charge < -0.3 is 5.32 Å². The lowest BCUT2D eigenvalue weighted by Gasteiger charge is -2.08. The van der Waals surface area contributed by atoms with Gasteiger partial charge in [0, 0.05) is 6.54 Å². The highest BCUT2D eigenvalue weighted by Crippen LogP contribution is 2.34. The molecule has 24 heavy (non-hydrogen) atoms. The lowest BCUT2D eigenvalue weighted by atomic mass is 10.2. The first-order valence-corrected chi connectivity index (χ1v) is 7.01. The lowest BCUT2D eigenvalue weighted by molar-refractivity contribution is -0.122. The second kappa shape index (κ2) is 7.61. The normalized spacial score (nSPS) is 11.3. The topological polar surface area (TPSA) is 46.9 Å². The van der Waals surface area contributed by atoms with Crippen LogP contribution in [0.3, 0.4) is 0 Å². The van der Waals surface area contributed by atoms with Crippen LogP contribution >= 0.6 is 11.6 Å². The first kappa shape index (κ1) is 18.2. The summed E-state index contributed by atoms with van der Waals surface area (Å²) in [6.45, 7) is -0.687. The monoisotopic (exact) mass is 367 g/mol. The van der Waals surface area contributed by atoms with E-state index in [0.29, 0.717) is 10.2 Å². The Bertz CT molecular complexity index is 718. The summed E-state index contributed by atoms with van der Waals surface area (Å²) < 4.78 is 64.5. The van der Waals surface area contributed by atoms with E-state index in [2.05, 4.69) is 10.4 Å². The van der Waals surface area contributed by atoms with Gasteiger partial charge >= 0.3 is 0 Å². The number of nitrogens with zero attached hydrogens (tertiary/aromatic N) is 2. The second-order valence-electron chi connectivity index (χ2n) is 4.75. The Hall–Kier alpha value is -2.16. The molecule has 0 saturated carbocycles. The lowest BCUT2D eigenvalue weighted by Crippen LogP contribution is -2.28. The third kappa shape index (κ3) is 4.22. The fourth-order valence-corrected chi connectivity index (χ4v) is 2.24. The van der Waals surface area contributed by atoms with Gasteiger partial charge in [0.15, 0.2) is 0 Å². The third-order valence-electron chi connectivity index (χ3n) is 3.07. The molecule has 2 aromatic rings. The van der Waals surface area contributed by atoms with Crippen molar-refractivity contribution in [2.45, 2.75) is 25.9 Å². The quantitative estimate of drug-likeness (QED) is 0.788. The van der Waals surface area contributed by atoms with Crippen LogP contribution in [0.4, 0.5) is 22.0 Å². The molecule has 1 aromatic carbocycles. The van der Waals surface area contributed by atoms with Crippen molar-refractivity contribution >= 4 is 17.5 Å². The van der Waals surface area contributed by atoms with Gasteiger partial charge in [-0.2, -0.15) is 5.10 Å². The molecule has 0 fully saturated rings. The van der Waals surface area contributed by atoms with E-state index in [-0.39, 0.29) is 6.54 Å². The van der Waals surface area contributed by atoms with Crippen LogP contribution in [-0.4, -0.2) is 15.7 Å². The van der Waals surface area contributed by atoms with Gasteiger partial charge in [0.25, 0.3) is 12.9 Å². The molecule has 0 spiro atoms. The van der Waals surface area contributed by atoms with Crippen molar-refractivity contribution in [1.82, 2.24) is 15.1 Å². The number of hydrogen-bond donors (Lipinski definition) is 1. The zero-order valence-corrected chi connectivity index (χ0v) is 12.7. The van der Waals surface area contributed by atoms with Crippen molar-refractivity contribution in [3.05, 3.63) is 52.1 Å². The van der Waals surface area contributed by atoms with Crippen molar-refractivity contribution in [2.24, 2.45) is 0 Å². The van der Waals surface area contributed by atoms with Gasteiger partial charge in [-0.05, 0) is 17.7 Å². The molecule has 1 aromatic heterocycles. The highest BCUT2D eigenvalue weighted by Gasteiger charge is 2.28. The van der Waals surface area contributed by atoms with Gasteiger partial charge in [0.05, 0.1) is 5.02 Å². The fraction of sp³-hybridized carbons (Fsp3) is 0.286. The van der Waals surface area contributed by atoms with Crippen molar-refractivity contribution in [2.75, 3.05) is 0 Å². The Morgan fingerprint density at radius 1 is 1.17 bits per heavy atom. The highest BCUT2D eigenvalue weighted by atomic mass is 35.5. The molecule has 1 N–H and O–H groups in total. The number of aromatic nitrogens is 2. The van der Waals surface area contributed by atoms with E-state index in [1.165, 1.54) is 24.3 Å². The average Bonchev–Trinajstić information content (AvgIpc) is 2.83. The minimum absolute atomic E-state index is 0.0137. The summed E-state index contributed by atoms with van der Waals surface area (Å²) in [5.74, 6) is -1.18. The number of halogens is 6. The summed E-state index contributed by atoms with van der Waals surface area (Å²) >= 11 is 5.48. The van der Waals surface area contributed by atoms with Crippen LogP contribution in [0.5, 0.6) is 0 Å². The smallest absolute Gasteiger partial charge is 0.283 e. The van der Waals surface area contributed by atoms with Gasteiger partial charge in [-0.25, -0.2) is 22.0 Å². The van der Waals surface area contributed by atoms with Crippen LogP contribution in [0.2, 0.25) is 5.02 Å². The molecule has 0 aliphatic rings. The number of carbonyl (C=O) groups excluding carboxylic acids is 1. The average molecular weight is 368 g/mol. The highest BCUT2D eigenvalue weighted by molar-refractivity contribution is 6.32. The maximum atomic E-state index is 12.9. The Labute approximate surface area is 138 Å². The molecule has 0 radical (unpaired) electrons. The molecule has 0 atom stereocenters. The molecule has 2 rings (SSSR count). The minimum atomic E-state index is -3.16. The standard InChI is InChI=1S/C14H11ClF5N3O/c15-10-11(13(17)18)22-23(12(10)14(19)20)6-9(24)21-5-7-1-3-8(16)4-2-7/h1-4,13-14H,5-6H2,(H,21,24). The van der Waals surface area contributed by atoms with E-state index < -0.39 is 47.5 Å². The number of amides is 1. The van der Waals surface area contributed by atoms with Crippen LogP contribution < -0.4 is 5.32 Å².